The monoisotopic (exact) mass is 277 g/mol. The third kappa shape index (κ3) is 3.50. The van der Waals surface area contributed by atoms with Gasteiger partial charge in [0.25, 0.3) is 0 Å². The van der Waals surface area contributed by atoms with Gasteiger partial charge in [-0.15, -0.1) is 0 Å². The fourth-order valence-corrected chi connectivity index (χ4v) is 2.62. The highest BCUT2D eigenvalue weighted by molar-refractivity contribution is 6.00. The van der Waals surface area contributed by atoms with E-state index in [9.17, 15) is 9.59 Å². The van der Waals surface area contributed by atoms with Gasteiger partial charge < -0.3 is 15.2 Å². The molecule has 0 spiro atoms. The summed E-state index contributed by atoms with van der Waals surface area (Å²) < 4.78 is 5.06. The number of amides is 1. The molecule has 2 rings (SSSR count). The van der Waals surface area contributed by atoms with Gasteiger partial charge in [-0.05, 0) is 30.9 Å². The number of hydrogen-bond acceptors (Lipinski definition) is 3. The number of nitrogens with one attached hydrogen (secondary N) is 1. The number of benzene rings is 1. The van der Waals surface area contributed by atoms with Crippen molar-refractivity contribution < 1.29 is 19.4 Å². The summed E-state index contributed by atoms with van der Waals surface area (Å²) in [6, 6.07) is 4.54. The highest BCUT2D eigenvalue weighted by Crippen LogP contribution is 2.28. The number of hydrogen-bond donors (Lipinski definition) is 2. The van der Waals surface area contributed by atoms with Crippen molar-refractivity contribution in [3.05, 3.63) is 23.8 Å². The van der Waals surface area contributed by atoms with Crippen LogP contribution in [-0.4, -0.2) is 24.1 Å². The first-order valence-corrected chi connectivity index (χ1v) is 6.81. The fraction of sp³-hybridized carbons (Fsp3) is 0.467. The molecule has 1 amide bonds. The largest absolute Gasteiger partial charge is 0.497 e. The van der Waals surface area contributed by atoms with Gasteiger partial charge in [0.1, 0.15) is 5.75 Å². The molecule has 2 N–H and O–H groups in total. The molecule has 0 unspecified atom stereocenters. The van der Waals surface area contributed by atoms with E-state index in [0.29, 0.717) is 23.8 Å². The molecule has 0 aliphatic heterocycles. The van der Waals surface area contributed by atoms with Crippen molar-refractivity contribution in [2.75, 3.05) is 12.4 Å². The summed E-state index contributed by atoms with van der Waals surface area (Å²) in [5, 5.41) is 11.8. The lowest BCUT2D eigenvalue weighted by Gasteiger charge is -2.12. The first-order valence-electron chi connectivity index (χ1n) is 6.81. The summed E-state index contributed by atoms with van der Waals surface area (Å²) in [5.41, 5.74) is 0.366. The number of methoxy groups -OCH3 is 1. The van der Waals surface area contributed by atoms with Gasteiger partial charge in [-0.2, -0.15) is 0 Å². The molecule has 5 heteroatoms. The van der Waals surface area contributed by atoms with E-state index < -0.39 is 5.97 Å². The quantitative estimate of drug-likeness (QED) is 0.867. The lowest BCUT2D eigenvalue weighted by atomic mass is 10.0. The van der Waals surface area contributed by atoms with Gasteiger partial charge in [-0.3, -0.25) is 4.79 Å². The molecule has 5 nitrogen and oxygen atoms in total. The first-order chi connectivity index (χ1) is 9.60. The molecule has 0 aromatic heterocycles. The molecule has 1 aliphatic carbocycles. The van der Waals surface area contributed by atoms with Crippen LogP contribution in [0.1, 0.15) is 42.5 Å². The minimum atomic E-state index is -1.07. The first kappa shape index (κ1) is 14.4. The van der Waals surface area contributed by atoms with Crippen LogP contribution in [0.25, 0.3) is 0 Å². The molecule has 1 saturated carbocycles. The number of rotatable bonds is 5. The highest BCUT2D eigenvalue weighted by Gasteiger charge is 2.20. The van der Waals surface area contributed by atoms with Crippen LogP contribution in [0.5, 0.6) is 5.75 Å². The Morgan fingerprint density at radius 3 is 2.65 bits per heavy atom. The Labute approximate surface area is 117 Å². The number of aromatic carboxylic acids is 1. The zero-order chi connectivity index (χ0) is 14.5. The van der Waals surface area contributed by atoms with Crippen molar-refractivity contribution in [2.45, 2.75) is 32.1 Å². The number of anilines is 1. The standard InChI is InChI=1S/C15H19NO4/c1-20-11-6-7-12(15(18)19)13(9-11)16-14(17)8-10-4-2-3-5-10/h6-7,9-10H,2-5,8H2,1H3,(H,16,17)(H,18,19). The van der Waals surface area contributed by atoms with E-state index in [4.69, 9.17) is 9.84 Å². The summed E-state index contributed by atoms with van der Waals surface area (Å²) in [5.74, 6) is -0.253. The summed E-state index contributed by atoms with van der Waals surface area (Å²) in [6.45, 7) is 0. The molecule has 1 aromatic carbocycles. The molecule has 1 aliphatic rings. The zero-order valence-electron chi connectivity index (χ0n) is 11.5. The molecule has 108 valence electrons. The SMILES string of the molecule is COc1ccc(C(=O)O)c(NC(=O)CC2CCCC2)c1. The van der Waals surface area contributed by atoms with Crippen LogP contribution in [0, 0.1) is 5.92 Å². The number of ether oxygens (including phenoxy) is 1. The molecule has 0 bridgehead atoms. The Hall–Kier alpha value is -2.04. The van der Waals surface area contributed by atoms with Gasteiger partial charge in [0.2, 0.25) is 5.91 Å². The Balaban J connectivity index is 2.09. The van der Waals surface area contributed by atoms with Gasteiger partial charge in [-0.25, -0.2) is 4.79 Å². The maximum Gasteiger partial charge on any atom is 0.337 e. The number of carbonyl (C=O) groups is 2. The molecule has 0 heterocycles. The number of carboxylic acids is 1. The van der Waals surface area contributed by atoms with Crippen molar-refractivity contribution >= 4 is 17.6 Å². The lowest BCUT2D eigenvalue weighted by Crippen LogP contribution is -2.17. The molecule has 0 radical (unpaired) electrons. The second-order valence-corrected chi connectivity index (χ2v) is 5.12. The molecule has 0 atom stereocenters. The van der Waals surface area contributed by atoms with E-state index in [-0.39, 0.29) is 11.5 Å². The van der Waals surface area contributed by atoms with Crippen LogP contribution >= 0.6 is 0 Å². The van der Waals surface area contributed by atoms with Gasteiger partial charge in [0, 0.05) is 12.5 Å². The van der Waals surface area contributed by atoms with Gasteiger partial charge in [-0.1, -0.05) is 12.8 Å². The Bertz CT molecular complexity index is 507. The maximum atomic E-state index is 12.0. The predicted octanol–water partition coefficient (Wildman–Crippen LogP) is 2.91. The summed E-state index contributed by atoms with van der Waals surface area (Å²) >= 11 is 0. The highest BCUT2D eigenvalue weighted by atomic mass is 16.5. The van der Waals surface area contributed by atoms with Crippen molar-refractivity contribution in [2.24, 2.45) is 5.92 Å². The number of carboxylic acid groups (broad SMARTS) is 1. The lowest BCUT2D eigenvalue weighted by molar-refractivity contribution is -0.117. The van der Waals surface area contributed by atoms with Gasteiger partial charge >= 0.3 is 5.97 Å². The third-order valence-corrected chi connectivity index (χ3v) is 3.68. The maximum absolute atomic E-state index is 12.0. The van der Waals surface area contributed by atoms with Crippen LogP contribution in [0.4, 0.5) is 5.69 Å². The van der Waals surface area contributed by atoms with Crippen LogP contribution in [0.15, 0.2) is 18.2 Å². The zero-order valence-corrected chi connectivity index (χ0v) is 11.5. The Morgan fingerprint density at radius 1 is 1.35 bits per heavy atom. The van der Waals surface area contributed by atoms with E-state index in [1.54, 1.807) is 6.07 Å². The van der Waals surface area contributed by atoms with Crippen LogP contribution in [0.3, 0.4) is 0 Å². The van der Waals surface area contributed by atoms with Crippen molar-refractivity contribution in [1.29, 1.82) is 0 Å². The Morgan fingerprint density at radius 2 is 2.05 bits per heavy atom. The normalized spacial score (nSPS) is 15.1. The second kappa shape index (κ2) is 6.41. The van der Waals surface area contributed by atoms with Gasteiger partial charge in [0.05, 0.1) is 18.4 Å². The second-order valence-electron chi connectivity index (χ2n) is 5.12. The summed E-state index contributed by atoms with van der Waals surface area (Å²) in [4.78, 5) is 23.2. The van der Waals surface area contributed by atoms with E-state index in [1.165, 1.54) is 32.1 Å². The molecule has 0 saturated heterocycles. The average molecular weight is 277 g/mol. The molecule has 1 aromatic rings. The summed E-state index contributed by atoms with van der Waals surface area (Å²) in [7, 11) is 1.50. The van der Waals surface area contributed by atoms with Crippen molar-refractivity contribution in [3.63, 3.8) is 0 Å². The van der Waals surface area contributed by atoms with Crippen molar-refractivity contribution in [1.82, 2.24) is 0 Å². The molecule has 20 heavy (non-hydrogen) atoms. The van der Waals surface area contributed by atoms with E-state index in [1.807, 2.05) is 0 Å². The Kier molecular flexibility index (Phi) is 4.61. The molecule has 1 fully saturated rings. The van der Waals surface area contributed by atoms with Crippen LogP contribution in [0.2, 0.25) is 0 Å². The summed E-state index contributed by atoms with van der Waals surface area (Å²) in [6.07, 6.45) is 4.97. The smallest absolute Gasteiger partial charge is 0.337 e. The fourth-order valence-electron chi connectivity index (χ4n) is 2.62. The molecular formula is C15H19NO4. The van der Waals surface area contributed by atoms with Crippen LogP contribution in [-0.2, 0) is 4.79 Å². The topological polar surface area (TPSA) is 75.6 Å². The van der Waals surface area contributed by atoms with Crippen molar-refractivity contribution in [3.8, 4) is 5.75 Å². The number of carbonyl (C=O) groups excluding carboxylic acids is 1. The van der Waals surface area contributed by atoms with Gasteiger partial charge in [0.15, 0.2) is 0 Å². The predicted molar refractivity (Wildman–Crippen MR) is 75.2 cm³/mol. The van der Waals surface area contributed by atoms with E-state index >= 15 is 0 Å². The minimum Gasteiger partial charge on any atom is -0.497 e. The van der Waals surface area contributed by atoms with E-state index in [2.05, 4.69) is 5.32 Å². The third-order valence-electron chi connectivity index (χ3n) is 3.68. The average Bonchev–Trinajstić information content (AvgIpc) is 2.90. The van der Waals surface area contributed by atoms with E-state index in [0.717, 1.165) is 12.8 Å². The molecular weight excluding hydrogens is 258 g/mol. The minimum absolute atomic E-state index is 0.0746. The van der Waals surface area contributed by atoms with Crippen LogP contribution < -0.4 is 10.1 Å².